The number of nitrogens with zero attached hydrogens (tertiary/aromatic N) is 3. The summed E-state index contributed by atoms with van der Waals surface area (Å²) >= 11 is 7.69. The van der Waals surface area contributed by atoms with Gasteiger partial charge < -0.3 is 10.2 Å². The number of piperidine rings is 1. The molecule has 1 fully saturated rings. The van der Waals surface area contributed by atoms with E-state index in [0.29, 0.717) is 35.1 Å². The molecule has 2 amide bonds. The Kier molecular flexibility index (Phi) is 6.86. The Hall–Kier alpha value is -2.77. The van der Waals surface area contributed by atoms with E-state index in [0.717, 1.165) is 35.4 Å². The first-order valence-electron chi connectivity index (χ1n) is 10.6. The number of pyridine rings is 2. The molecule has 8 heteroatoms. The van der Waals surface area contributed by atoms with E-state index in [4.69, 9.17) is 16.6 Å². The van der Waals surface area contributed by atoms with Gasteiger partial charge in [0, 0.05) is 43.6 Å². The zero-order chi connectivity index (χ0) is 22.7. The van der Waals surface area contributed by atoms with Gasteiger partial charge in [-0.25, -0.2) is 0 Å². The lowest BCUT2D eigenvalue weighted by atomic mass is 9.89. The summed E-state index contributed by atoms with van der Waals surface area (Å²) in [5.41, 5.74) is 4.16. The van der Waals surface area contributed by atoms with E-state index in [1.165, 1.54) is 11.3 Å². The Balaban J connectivity index is 1.45. The van der Waals surface area contributed by atoms with Crippen molar-refractivity contribution in [2.75, 3.05) is 13.1 Å². The molecule has 1 aliphatic heterocycles. The Morgan fingerprint density at radius 3 is 2.66 bits per heavy atom. The van der Waals surface area contributed by atoms with Crippen LogP contribution in [0.1, 0.15) is 61.3 Å². The second-order valence-electron chi connectivity index (χ2n) is 8.06. The van der Waals surface area contributed by atoms with Crippen molar-refractivity contribution in [2.45, 2.75) is 39.2 Å². The lowest BCUT2D eigenvalue weighted by Gasteiger charge is -2.32. The summed E-state index contributed by atoms with van der Waals surface area (Å²) in [4.78, 5) is 37.1. The third-order valence-corrected chi connectivity index (χ3v) is 7.43. The molecule has 0 aliphatic carbocycles. The van der Waals surface area contributed by atoms with Crippen LogP contribution in [0.2, 0.25) is 5.02 Å². The van der Waals surface area contributed by atoms with E-state index < -0.39 is 0 Å². The van der Waals surface area contributed by atoms with Gasteiger partial charge in [-0.05, 0) is 61.4 Å². The van der Waals surface area contributed by atoms with Gasteiger partial charge in [-0.2, -0.15) is 0 Å². The number of nitrogens with one attached hydrogen (secondary N) is 1. The van der Waals surface area contributed by atoms with Gasteiger partial charge in [-0.3, -0.25) is 19.6 Å². The van der Waals surface area contributed by atoms with Crippen molar-refractivity contribution in [3.63, 3.8) is 0 Å². The zero-order valence-corrected chi connectivity index (χ0v) is 19.7. The van der Waals surface area contributed by atoms with Crippen LogP contribution >= 0.6 is 22.9 Å². The molecule has 1 saturated heterocycles. The number of rotatable bonds is 5. The maximum atomic E-state index is 12.9. The fourth-order valence-corrected chi connectivity index (χ4v) is 5.17. The topological polar surface area (TPSA) is 75.2 Å². The number of halogens is 1. The third-order valence-electron chi connectivity index (χ3n) is 5.75. The number of carbonyl (C=O) groups excluding carboxylic acids is 2. The lowest BCUT2D eigenvalue weighted by Crippen LogP contribution is -2.38. The largest absolute Gasteiger partial charge is 0.348 e. The van der Waals surface area contributed by atoms with Crippen LogP contribution in [0.3, 0.4) is 0 Å². The molecule has 32 heavy (non-hydrogen) atoms. The summed E-state index contributed by atoms with van der Waals surface area (Å²) in [6.07, 6.45) is 4.96. The van der Waals surface area contributed by atoms with Crippen LogP contribution in [0.15, 0.2) is 42.0 Å². The molecule has 1 N–H and O–H groups in total. The van der Waals surface area contributed by atoms with Crippen molar-refractivity contribution in [2.24, 2.45) is 0 Å². The summed E-state index contributed by atoms with van der Waals surface area (Å²) in [5, 5.41) is 5.44. The lowest BCUT2D eigenvalue weighted by molar-refractivity contribution is 0.0715. The zero-order valence-electron chi connectivity index (χ0n) is 18.1. The summed E-state index contributed by atoms with van der Waals surface area (Å²) in [6.45, 7) is 5.48. The quantitative estimate of drug-likeness (QED) is 0.585. The molecule has 4 rings (SSSR count). The van der Waals surface area contributed by atoms with Crippen LogP contribution in [0.25, 0.3) is 0 Å². The minimum absolute atomic E-state index is 0.0156. The number of thiophene rings is 1. The van der Waals surface area contributed by atoms with Gasteiger partial charge in [0.1, 0.15) is 4.88 Å². The molecular formula is C24H25ClN4O2S. The van der Waals surface area contributed by atoms with E-state index in [-0.39, 0.29) is 17.7 Å². The molecule has 0 radical (unpaired) electrons. The number of aryl methyl sites for hydroxylation is 2. The van der Waals surface area contributed by atoms with Crippen LogP contribution in [-0.4, -0.2) is 39.8 Å². The molecule has 0 spiro atoms. The van der Waals surface area contributed by atoms with Crippen molar-refractivity contribution < 1.29 is 9.59 Å². The van der Waals surface area contributed by atoms with E-state index >= 15 is 0 Å². The minimum atomic E-state index is -0.143. The number of aromatic nitrogens is 2. The maximum Gasteiger partial charge on any atom is 0.265 e. The Morgan fingerprint density at radius 1 is 1.22 bits per heavy atom. The smallest absolute Gasteiger partial charge is 0.265 e. The Labute approximate surface area is 196 Å². The third kappa shape index (κ3) is 4.84. The van der Waals surface area contributed by atoms with Crippen LogP contribution < -0.4 is 5.32 Å². The van der Waals surface area contributed by atoms with E-state index in [2.05, 4.69) is 10.3 Å². The van der Waals surface area contributed by atoms with Crippen molar-refractivity contribution in [3.8, 4) is 0 Å². The maximum absolute atomic E-state index is 12.9. The summed E-state index contributed by atoms with van der Waals surface area (Å²) in [6, 6.07) is 7.49. The number of hydrogen-bond donors (Lipinski definition) is 1. The van der Waals surface area contributed by atoms with Crippen molar-refractivity contribution >= 4 is 34.8 Å². The molecule has 166 valence electrons. The number of hydrogen-bond acceptors (Lipinski definition) is 5. The summed E-state index contributed by atoms with van der Waals surface area (Å²) in [5.74, 6) is -0.0347. The SMILES string of the molecule is Cc1ccc(C(=O)NCc2cccnc2)c(C2CCN(C(=O)c3scc(C)c3Cl)CC2)n1. The van der Waals surface area contributed by atoms with Crippen molar-refractivity contribution in [1.29, 1.82) is 0 Å². The van der Waals surface area contributed by atoms with Gasteiger partial charge >= 0.3 is 0 Å². The van der Waals surface area contributed by atoms with Gasteiger partial charge in [0.25, 0.3) is 11.8 Å². The highest BCUT2D eigenvalue weighted by molar-refractivity contribution is 7.13. The molecule has 4 heterocycles. The summed E-state index contributed by atoms with van der Waals surface area (Å²) in [7, 11) is 0. The molecule has 0 bridgehead atoms. The van der Waals surface area contributed by atoms with Gasteiger partial charge in [-0.1, -0.05) is 17.7 Å². The molecule has 1 aliphatic rings. The fraction of sp³-hybridized carbons (Fsp3) is 0.333. The van der Waals surface area contributed by atoms with E-state index in [1.54, 1.807) is 12.4 Å². The Morgan fingerprint density at radius 2 is 2.00 bits per heavy atom. The highest BCUT2D eigenvalue weighted by Crippen LogP contribution is 2.33. The van der Waals surface area contributed by atoms with Crippen molar-refractivity contribution in [1.82, 2.24) is 20.2 Å². The molecule has 0 unspecified atom stereocenters. The molecule has 0 saturated carbocycles. The molecule has 6 nitrogen and oxygen atoms in total. The first-order chi connectivity index (χ1) is 15.4. The molecule has 0 aromatic carbocycles. The van der Waals surface area contributed by atoms with Crippen LogP contribution in [0.5, 0.6) is 0 Å². The monoisotopic (exact) mass is 468 g/mol. The fourth-order valence-electron chi connectivity index (χ4n) is 3.93. The molecular weight excluding hydrogens is 444 g/mol. The number of amides is 2. The first-order valence-corrected chi connectivity index (χ1v) is 11.9. The van der Waals surface area contributed by atoms with Gasteiger partial charge in [0.15, 0.2) is 0 Å². The molecule has 3 aromatic heterocycles. The van der Waals surface area contributed by atoms with Crippen molar-refractivity contribution in [3.05, 3.63) is 80.0 Å². The van der Waals surface area contributed by atoms with Crippen LogP contribution in [-0.2, 0) is 6.54 Å². The molecule has 3 aromatic rings. The predicted molar refractivity (Wildman–Crippen MR) is 126 cm³/mol. The minimum Gasteiger partial charge on any atom is -0.348 e. The average molecular weight is 469 g/mol. The number of likely N-dealkylation sites (tertiary alicyclic amines) is 1. The second kappa shape index (κ2) is 9.79. The highest BCUT2D eigenvalue weighted by atomic mass is 35.5. The Bertz CT molecular complexity index is 1120. The van der Waals surface area contributed by atoms with Crippen LogP contribution in [0.4, 0.5) is 0 Å². The van der Waals surface area contributed by atoms with E-state index in [9.17, 15) is 9.59 Å². The average Bonchev–Trinajstić information content (AvgIpc) is 3.16. The molecule has 0 atom stereocenters. The normalized spacial score (nSPS) is 14.4. The highest BCUT2D eigenvalue weighted by Gasteiger charge is 2.29. The second-order valence-corrected chi connectivity index (χ2v) is 9.32. The first kappa shape index (κ1) is 22.4. The van der Waals surface area contributed by atoms with Gasteiger partial charge in [0.2, 0.25) is 0 Å². The van der Waals surface area contributed by atoms with Gasteiger partial charge in [-0.15, -0.1) is 11.3 Å². The standard InChI is InChI=1S/C24H25ClN4O2S/c1-15-14-32-22(20(15)25)24(31)29-10-7-18(8-11-29)21-19(6-5-16(2)28-21)23(30)27-13-17-4-3-9-26-12-17/h3-6,9,12,14,18H,7-8,10-11,13H2,1-2H3,(H,27,30). The number of carbonyl (C=O) groups is 2. The van der Waals surface area contributed by atoms with E-state index in [1.807, 2.05) is 48.4 Å². The summed E-state index contributed by atoms with van der Waals surface area (Å²) < 4.78 is 0. The predicted octanol–water partition coefficient (Wildman–Crippen LogP) is 4.76. The van der Waals surface area contributed by atoms with Gasteiger partial charge in [0.05, 0.1) is 16.3 Å². The van der Waals surface area contributed by atoms with Crippen LogP contribution in [0, 0.1) is 13.8 Å².